The predicted octanol–water partition coefficient (Wildman–Crippen LogP) is 3.98. The van der Waals surface area contributed by atoms with Crippen LogP contribution >= 0.6 is 11.3 Å². The van der Waals surface area contributed by atoms with Crippen LogP contribution in [0.2, 0.25) is 0 Å². The number of benzene rings is 1. The number of esters is 1. The molecule has 0 bridgehead atoms. The molecule has 0 radical (unpaired) electrons. The van der Waals surface area contributed by atoms with E-state index in [9.17, 15) is 14.4 Å². The van der Waals surface area contributed by atoms with E-state index in [2.05, 4.69) is 4.98 Å². The Balaban J connectivity index is 1.81. The highest BCUT2D eigenvalue weighted by Crippen LogP contribution is 2.30. The molecule has 1 aromatic heterocycles. The summed E-state index contributed by atoms with van der Waals surface area (Å²) >= 11 is 1.46. The van der Waals surface area contributed by atoms with Gasteiger partial charge in [-0.25, -0.2) is 4.98 Å². The number of nitrogens with zero attached hydrogens (tertiary/aromatic N) is 1. The summed E-state index contributed by atoms with van der Waals surface area (Å²) in [6, 6.07) is 5.41. The molecule has 1 aromatic carbocycles. The number of Topliss-reactive ketones (excluding diaryl/α,β-unsaturated/α-hetero) is 2. The highest BCUT2D eigenvalue weighted by Gasteiger charge is 2.26. The summed E-state index contributed by atoms with van der Waals surface area (Å²) in [7, 11) is 0. The van der Waals surface area contributed by atoms with Gasteiger partial charge in [0.1, 0.15) is 5.78 Å². The number of aromatic nitrogens is 1. The van der Waals surface area contributed by atoms with Crippen molar-refractivity contribution in [2.45, 2.75) is 51.9 Å². The van der Waals surface area contributed by atoms with Crippen LogP contribution < -0.4 is 0 Å². The van der Waals surface area contributed by atoms with E-state index >= 15 is 0 Å². The van der Waals surface area contributed by atoms with Gasteiger partial charge < -0.3 is 4.74 Å². The third kappa shape index (κ3) is 5.35. The first kappa shape index (κ1) is 20.4. The summed E-state index contributed by atoms with van der Waals surface area (Å²) in [6.07, 6.45) is 6.22. The lowest BCUT2D eigenvalue weighted by molar-refractivity contribution is -0.142. The van der Waals surface area contributed by atoms with Gasteiger partial charge >= 0.3 is 5.97 Å². The van der Waals surface area contributed by atoms with Gasteiger partial charge in [0.05, 0.1) is 24.5 Å². The SMILES string of the molecule is CCOC(=O)Cc1ccc(CC(=O)Cc2nccs2)c(C(=O)C2CCCC2)c1. The maximum atomic E-state index is 13.1. The summed E-state index contributed by atoms with van der Waals surface area (Å²) in [6.45, 7) is 2.10. The van der Waals surface area contributed by atoms with Crippen LogP contribution in [0.25, 0.3) is 0 Å². The molecule has 0 unspecified atom stereocenters. The molecule has 0 atom stereocenters. The molecule has 1 saturated carbocycles. The first-order valence-corrected chi connectivity index (χ1v) is 10.7. The zero-order valence-corrected chi connectivity index (χ0v) is 16.9. The van der Waals surface area contributed by atoms with Crippen molar-refractivity contribution in [3.8, 4) is 0 Å². The molecule has 0 aliphatic heterocycles. The molecule has 28 heavy (non-hydrogen) atoms. The minimum absolute atomic E-state index is 0.0191. The average molecular weight is 400 g/mol. The first-order valence-electron chi connectivity index (χ1n) is 9.78. The third-order valence-corrected chi connectivity index (χ3v) is 5.82. The topological polar surface area (TPSA) is 73.3 Å². The van der Waals surface area contributed by atoms with E-state index in [0.717, 1.165) is 41.8 Å². The Bertz CT molecular complexity index is 838. The monoisotopic (exact) mass is 399 g/mol. The van der Waals surface area contributed by atoms with Gasteiger partial charge in [-0.3, -0.25) is 14.4 Å². The number of hydrogen-bond acceptors (Lipinski definition) is 6. The summed E-state index contributed by atoms with van der Waals surface area (Å²) in [4.78, 5) is 41.6. The molecular formula is C22H25NO4S. The largest absolute Gasteiger partial charge is 0.466 e. The standard InChI is InChI=1S/C22H25NO4S/c1-2-27-21(25)12-15-7-8-17(13-18(24)14-20-23-9-10-28-20)19(11-15)22(26)16-5-3-4-6-16/h7-11,16H,2-6,12-14H2,1H3. The number of carbonyl (C=O) groups excluding carboxylic acids is 3. The Hall–Kier alpha value is -2.34. The molecule has 6 heteroatoms. The van der Waals surface area contributed by atoms with Crippen molar-refractivity contribution < 1.29 is 19.1 Å². The van der Waals surface area contributed by atoms with E-state index < -0.39 is 0 Å². The second-order valence-corrected chi connectivity index (χ2v) is 8.12. The molecule has 1 aliphatic rings. The molecular weight excluding hydrogens is 374 g/mol. The zero-order chi connectivity index (χ0) is 19.9. The maximum absolute atomic E-state index is 13.1. The summed E-state index contributed by atoms with van der Waals surface area (Å²) < 4.78 is 5.02. The lowest BCUT2D eigenvalue weighted by Gasteiger charge is -2.14. The third-order valence-electron chi connectivity index (χ3n) is 5.04. The van der Waals surface area contributed by atoms with Gasteiger partial charge in [0.2, 0.25) is 0 Å². The quantitative estimate of drug-likeness (QED) is 0.471. The van der Waals surface area contributed by atoms with E-state index in [1.165, 1.54) is 11.3 Å². The molecule has 5 nitrogen and oxygen atoms in total. The molecule has 148 valence electrons. The Morgan fingerprint density at radius 3 is 2.61 bits per heavy atom. The van der Waals surface area contributed by atoms with Crippen LogP contribution in [0, 0.1) is 5.92 Å². The van der Waals surface area contributed by atoms with E-state index in [1.807, 2.05) is 17.5 Å². The molecule has 3 rings (SSSR count). The summed E-state index contributed by atoms with van der Waals surface area (Å²) in [5, 5.41) is 2.63. The Morgan fingerprint density at radius 1 is 1.14 bits per heavy atom. The van der Waals surface area contributed by atoms with Gasteiger partial charge in [-0.15, -0.1) is 11.3 Å². The van der Waals surface area contributed by atoms with Crippen LogP contribution in [0.4, 0.5) is 0 Å². The van der Waals surface area contributed by atoms with E-state index in [4.69, 9.17) is 4.74 Å². The summed E-state index contributed by atoms with van der Waals surface area (Å²) in [5.41, 5.74) is 2.07. The number of thiazole rings is 1. The fraction of sp³-hybridized carbons (Fsp3) is 0.455. The molecule has 0 saturated heterocycles. The van der Waals surface area contributed by atoms with Gasteiger partial charge in [0.25, 0.3) is 0 Å². The summed E-state index contributed by atoms with van der Waals surface area (Å²) in [5.74, 6) is -0.158. The van der Waals surface area contributed by atoms with Crippen molar-refractivity contribution in [1.82, 2.24) is 4.98 Å². The number of ether oxygens (including phenoxy) is 1. The van der Waals surface area contributed by atoms with Crippen molar-refractivity contribution in [2.24, 2.45) is 5.92 Å². The zero-order valence-electron chi connectivity index (χ0n) is 16.1. The average Bonchev–Trinajstić information content (AvgIpc) is 3.36. The van der Waals surface area contributed by atoms with Crippen molar-refractivity contribution in [2.75, 3.05) is 6.61 Å². The second kappa shape index (κ2) is 9.73. The van der Waals surface area contributed by atoms with Crippen molar-refractivity contribution in [1.29, 1.82) is 0 Å². The second-order valence-electron chi connectivity index (χ2n) is 7.14. The molecule has 1 heterocycles. The Labute approximate surface area is 169 Å². The van der Waals surface area contributed by atoms with E-state index in [0.29, 0.717) is 12.2 Å². The minimum Gasteiger partial charge on any atom is -0.466 e. The van der Waals surface area contributed by atoms with Crippen LogP contribution in [0.3, 0.4) is 0 Å². The number of carbonyl (C=O) groups is 3. The molecule has 1 fully saturated rings. The van der Waals surface area contributed by atoms with Crippen molar-refractivity contribution >= 4 is 28.9 Å². The molecule has 2 aromatic rings. The normalized spacial score (nSPS) is 14.2. The van der Waals surface area contributed by atoms with Gasteiger partial charge in [0.15, 0.2) is 5.78 Å². The Kier molecular flexibility index (Phi) is 7.09. The maximum Gasteiger partial charge on any atom is 0.310 e. The highest BCUT2D eigenvalue weighted by atomic mass is 32.1. The van der Waals surface area contributed by atoms with Gasteiger partial charge in [0, 0.05) is 29.5 Å². The predicted molar refractivity (Wildman–Crippen MR) is 108 cm³/mol. The van der Waals surface area contributed by atoms with Crippen molar-refractivity contribution in [3.05, 3.63) is 51.5 Å². The molecule has 0 amide bonds. The number of hydrogen-bond donors (Lipinski definition) is 0. The first-order chi connectivity index (χ1) is 13.6. The van der Waals surface area contributed by atoms with Gasteiger partial charge in [-0.2, -0.15) is 0 Å². The highest BCUT2D eigenvalue weighted by molar-refractivity contribution is 7.09. The van der Waals surface area contributed by atoms with E-state index in [-0.39, 0.29) is 42.7 Å². The lowest BCUT2D eigenvalue weighted by atomic mass is 9.89. The van der Waals surface area contributed by atoms with Gasteiger partial charge in [-0.1, -0.05) is 25.0 Å². The lowest BCUT2D eigenvalue weighted by Crippen LogP contribution is -2.17. The number of ketones is 2. The number of rotatable bonds is 9. The fourth-order valence-corrected chi connectivity index (χ4v) is 4.33. The molecule has 1 aliphatic carbocycles. The van der Waals surface area contributed by atoms with Crippen LogP contribution in [0.15, 0.2) is 29.8 Å². The van der Waals surface area contributed by atoms with Crippen LogP contribution in [-0.4, -0.2) is 29.1 Å². The molecule has 0 N–H and O–H groups in total. The van der Waals surface area contributed by atoms with Crippen LogP contribution in [0.5, 0.6) is 0 Å². The minimum atomic E-state index is -0.311. The van der Waals surface area contributed by atoms with Crippen LogP contribution in [-0.2, 0) is 33.6 Å². The smallest absolute Gasteiger partial charge is 0.310 e. The van der Waals surface area contributed by atoms with Crippen LogP contribution in [0.1, 0.15) is 59.1 Å². The Morgan fingerprint density at radius 2 is 1.93 bits per heavy atom. The van der Waals surface area contributed by atoms with Crippen molar-refractivity contribution in [3.63, 3.8) is 0 Å². The molecule has 0 spiro atoms. The van der Waals surface area contributed by atoms with E-state index in [1.54, 1.807) is 19.2 Å². The fourth-order valence-electron chi connectivity index (χ4n) is 3.69. The van der Waals surface area contributed by atoms with Gasteiger partial charge in [-0.05, 0) is 37.0 Å².